The first-order valence-electron chi connectivity index (χ1n) is 10.1. The zero-order valence-corrected chi connectivity index (χ0v) is 16.9. The first kappa shape index (κ1) is 17.2. The molecule has 0 saturated carbocycles. The highest BCUT2D eigenvalue weighted by molar-refractivity contribution is 6.06. The largest absolute Gasteiger partial charge is 0.497 e. The van der Waals surface area contributed by atoms with E-state index in [-0.39, 0.29) is 0 Å². The van der Waals surface area contributed by atoms with Crippen LogP contribution in [0.5, 0.6) is 11.5 Å². The minimum atomic E-state index is 0.402. The Labute approximate surface area is 175 Å². The lowest BCUT2D eigenvalue weighted by molar-refractivity contribution is 0.414. The van der Waals surface area contributed by atoms with Gasteiger partial charge in [0.2, 0.25) is 0 Å². The zero-order chi connectivity index (χ0) is 20.2. The minimum Gasteiger partial charge on any atom is -0.497 e. The molecule has 146 valence electrons. The minimum absolute atomic E-state index is 0.402. The van der Waals surface area contributed by atoms with Crippen LogP contribution in [-0.4, -0.2) is 19.2 Å². The van der Waals surface area contributed by atoms with Gasteiger partial charge in [-0.25, -0.2) is 0 Å². The van der Waals surface area contributed by atoms with Crippen LogP contribution >= 0.6 is 0 Å². The Balaban J connectivity index is 1.46. The molecule has 1 heterocycles. The van der Waals surface area contributed by atoms with Crippen molar-refractivity contribution in [2.75, 3.05) is 14.2 Å². The molecular weight excluding hydrogens is 370 g/mol. The van der Waals surface area contributed by atoms with Crippen LogP contribution in [0, 0.1) is 0 Å². The molecule has 1 aromatic heterocycles. The summed E-state index contributed by atoms with van der Waals surface area (Å²) in [6.45, 7) is 0. The van der Waals surface area contributed by atoms with Crippen LogP contribution in [0.3, 0.4) is 0 Å². The van der Waals surface area contributed by atoms with Gasteiger partial charge in [0.25, 0.3) is 0 Å². The van der Waals surface area contributed by atoms with Crippen molar-refractivity contribution >= 4 is 22.6 Å². The van der Waals surface area contributed by atoms with E-state index in [0.717, 1.165) is 11.5 Å². The maximum absolute atomic E-state index is 5.32. The molecule has 0 aliphatic heterocycles. The predicted molar refractivity (Wildman–Crippen MR) is 122 cm³/mol. The second-order valence-electron chi connectivity index (χ2n) is 7.83. The van der Waals surface area contributed by atoms with Gasteiger partial charge in [0.1, 0.15) is 11.5 Å². The smallest absolute Gasteiger partial charge is 0.118 e. The Morgan fingerprint density at radius 3 is 2.03 bits per heavy atom. The topological polar surface area (TPSA) is 34.2 Å². The standard InChI is InChI=1S/C27H21NO2/c1-29-19-8-3-16(4-9-19)18-7-12-26-23(13-18)25-14-21(22-15-24(22)27(25)28-26)17-5-10-20(30-2)11-6-17/h3-15,24,28H,1-2H3. The summed E-state index contributed by atoms with van der Waals surface area (Å²) in [6.07, 6.45) is 4.69. The second kappa shape index (κ2) is 6.39. The lowest BCUT2D eigenvalue weighted by atomic mass is 9.90. The Morgan fingerprint density at radius 2 is 1.37 bits per heavy atom. The van der Waals surface area contributed by atoms with E-state index in [4.69, 9.17) is 9.47 Å². The molecule has 0 amide bonds. The summed E-state index contributed by atoms with van der Waals surface area (Å²) in [7, 11) is 3.40. The zero-order valence-electron chi connectivity index (χ0n) is 16.9. The van der Waals surface area contributed by atoms with Crippen LogP contribution in [0.4, 0.5) is 0 Å². The highest BCUT2D eigenvalue weighted by Gasteiger charge is 2.37. The monoisotopic (exact) mass is 391 g/mol. The van der Waals surface area contributed by atoms with Crippen LogP contribution in [0.2, 0.25) is 0 Å². The molecule has 3 nitrogen and oxygen atoms in total. The number of H-pyrrole nitrogens is 1. The molecule has 0 fully saturated rings. The summed E-state index contributed by atoms with van der Waals surface area (Å²) in [6, 6.07) is 23.2. The molecule has 1 atom stereocenters. The third kappa shape index (κ3) is 2.59. The van der Waals surface area contributed by atoms with E-state index in [0.29, 0.717) is 5.92 Å². The van der Waals surface area contributed by atoms with Crippen molar-refractivity contribution in [2.45, 2.75) is 5.92 Å². The summed E-state index contributed by atoms with van der Waals surface area (Å²) >= 11 is 0. The number of hydrogen-bond donors (Lipinski definition) is 1. The molecule has 1 unspecified atom stereocenters. The van der Waals surface area contributed by atoms with Crippen molar-refractivity contribution in [2.24, 2.45) is 0 Å². The molecule has 0 spiro atoms. The quantitative estimate of drug-likeness (QED) is 0.435. The van der Waals surface area contributed by atoms with Crippen molar-refractivity contribution in [3.05, 3.63) is 95.2 Å². The molecule has 1 N–H and O–H groups in total. The van der Waals surface area contributed by atoms with Crippen LogP contribution < -0.4 is 9.47 Å². The molecule has 0 radical (unpaired) electrons. The summed E-state index contributed by atoms with van der Waals surface area (Å²) < 4.78 is 10.6. The number of hydrogen-bond acceptors (Lipinski definition) is 2. The molecule has 2 aliphatic carbocycles. The van der Waals surface area contributed by atoms with Gasteiger partial charge in [-0.05, 0) is 70.3 Å². The van der Waals surface area contributed by atoms with E-state index in [1.165, 1.54) is 50.0 Å². The van der Waals surface area contributed by atoms with Crippen molar-refractivity contribution in [3.63, 3.8) is 0 Å². The number of fused-ring (bicyclic) bond motifs is 5. The average Bonchev–Trinajstić information content (AvgIpc) is 3.53. The third-order valence-corrected chi connectivity index (χ3v) is 6.18. The molecule has 0 bridgehead atoms. The normalized spacial score (nSPS) is 16.4. The van der Waals surface area contributed by atoms with Crippen molar-refractivity contribution in [1.82, 2.24) is 4.98 Å². The molecule has 0 saturated heterocycles. The molecule has 3 aromatic carbocycles. The van der Waals surface area contributed by atoms with Gasteiger partial charge in [0, 0.05) is 28.1 Å². The fourth-order valence-corrected chi connectivity index (χ4v) is 4.47. The van der Waals surface area contributed by atoms with E-state index in [1.807, 2.05) is 24.3 Å². The summed E-state index contributed by atoms with van der Waals surface area (Å²) in [5, 5.41) is 1.27. The number of aromatic amines is 1. The van der Waals surface area contributed by atoms with E-state index in [9.17, 15) is 0 Å². The molecule has 4 aromatic rings. The Morgan fingerprint density at radius 1 is 0.733 bits per heavy atom. The van der Waals surface area contributed by atoms with Crippen molar-refractivity contribution in [3.8, 4) is 22.6 Å². The maximum Gasteiger partial charge on any atom is 0.118 e. The SMILES string of the molecule is COc1ccc(C2=Cc3c([nH]c4ccc(-c5ccc(OC)cc5)cc34)C3C=C23)cc1. The van der Waals surface area contributed by atoms with Gasteiger partial charge in [-0.3, -0.25) is 0 Å². The number of methoxy groups -OCH3 is 2. The second-order valence-corrected chi connectivity index (χ2v) is 7.83. The van der Waals surface area contributed by atoms with Crippen molar-refractivity contribution < 1.29 is 9.47 Å². The van der Waals surface area contributed by atoms with E-state index in [1.54, 1.807) is 14.2 Å². The van der Waals surface area contributed by atoms with Gasteiger partial charge in [0.05, 0.1) is 14.2 Å². The number of benzene rings is 3. The van der Waals surface area contributed by atoms with Gasteiger partial charge < -0.3 is 14.5 Å². The van der Waals surface area contributed by atoms with Crippen LogP contribution in [-0.2, 0) is 0 Å². The molecular formula is C27H21NO2. The van der Waals surface area contributed by atoms with Crippen LogP contribution in [0.25, 0.3) is 33.7 Å². The number of rotatable bonds is 4. The van der Waals surface area contributed by atoms with Crippen LogP contribution in [0.15, 0.2) is 78.4 Å². The highest BCUT2D eigenvalue weighted by Crippen LogP contribution is 2.54. The average molecular weight is 391 g/mol. The summed E-state index contributed by atoms with van der Waals surface area (Å²) in [4.78, 5) is 3.66. The van der Waals surface area contributed by atoms with E-state index < -0.39 is 0 Å². The van der Waals surface area contributed by atoms with Crippen molar-refractivity contribution in [1.29, 1.82) is 0 Å². The number of ether oxygens (including phenoxy) is 2. The van der Waals surface area contributed by atoms with Gasteiger partial charge in [-0.1, -0.05) is 36.4 Å². The first-order chi connectivity index (χ1) is 14.7. The lowest BCUT2D eigenvalue weighted by Crippen LogP contribution is -1.96. The summed E-state index contributed by atoms with van der Waals surface area (Å²) in [5.41, 5.74) is 10.1. The Hall–Kier alpha value is -3.72. The number of nitrogens with one attached hydrogen (secondary N) is 1. The lowest BCUT2D eigenvalue weighted by Gasteiger charge is -2.13. The maximum atomic E-state index is 5.32. The molecule has 2 aliphatic rings. The third-order valence-electron chi connectivity index (χ3n) is 6.18. The van der Waals surface area contributed by atoms with E-state index in [2.05, 4.69) is 59.6 Å². The fraction of sp³-hybridized carbons (Fsp3) is 0.111. The van der Waals surface area contributed by atoms with Gasteiger partial charge >= 0.3 is 0 Å². The number of allylic oxidation sites excluding steroid dienone is 3. The van der Waals surface area contributed by atoms with Gasteiger partial charge in [-0.2, -0.15) is 0 Å². The van der Waals surface area contributed by atoms with Crippen LogP contribution in [0.1, 0.15) is 22.7 Å². The van der Waals surface area contributed by atoms with E-state index >= 15 is 0 Å². The molecule has 3 heteroatoms. The molecule has 30 heavy (non-hydrogen) atoms. The first-order valence-corrected chi connectivity index (χ1v) is 10.1. The molecule has 6 rings (SSSR count). The number of aromatic nitrogens is 1. The highest BCUT2D eigenvalue weighted by atomic mass is 16.5. The fourth-order valence-electron chi connectivity index (χ4n) is 4.47. The van der Waals surface area contributed by atoms with Gasteiger partial charge in [0.15, 0.2) is 0 Å². The Bertz CT molecular complexity index is 1340. The van der Waals surface area contributed by atoms with Gasteiger partial charge in [-0.15, -0.1) is 0 Å². The summed E-state index contributed by atoms with van der Waals surface area (Å²) in [5.74, 6) is 2.16. The predicted octanol–water partition coefficient (Wildman–Crippen LogP) is 6.43. The Kier molecular flexibility index (Phi) is 3.66.